The lowest BCUT2D eigenvalue weighted by atomic mass is 9.72. The average molecular weight is 676 g/mol. The minimum atomic E-state index is -0.938. The van der Waals surface area contributed by atoms with Gasteiger partial charge in [0.2, 0.25) is 17.7 Å². The summed E-state index contributed by atoms with van der Waals surface area (Å²) in [6.45, 7) is 11.8. The van der Waals surface area contributed by atoms with E-state index in [1.807, 2.05) is 20.8 Å². The molecule has 1 saturated heterocycles. The zero-order chi connectivity index (χ0) is 34.0. The highest BCUT2D eigenvalue weighted by atomic mass is 32.1. The Hall–Kier alpha value is -4.55. The van der Waals surface area contributed by atoms with Gasteiger partial charge in [-0.1, -0.05) is 19.0 Å². The molecule has 1 aliphatic carbocycles. The van der Waals surface area contributed by atoms with E-state index in [1.54, 1.807) is 18.3 Å². The summed E-state index contributed by atoms with van der Waals surface area (Å²) in [5.74, 6) is 0.293. The van der Waals surface area contributed by atoms with Crippen LogP contribution >= 0.6 is 11.3 Å². The van der Waals surface area contributed by atoms with Crippen LogP contribution in [0.4, 0.5) is 10.9 Å². The summed E-state index contributed by atoms with van der Waals surface area (Å²) >= 11 is 1.48. The SMILES string of the molecule is CC(C)C(C(=O)O)c1cc(OCCCCN2CCN(c3nccc(-c4noc([C@@]5(C)CCCc6sc(N)c(C#N)c65)n4)n3)[C@@H](C)C2)no1. The smallest absolute Gasteiger partial charge is 0.314 e. The number of hydrogen-bond acceptors (Lipinski definition) is 14. The van der Waals surface area contributed by atoms with Crippen molar-refractivity contribution in [3.8, 4) is 23.5 Å². The molecule has 14 nitrogen and oxygen atoms in total. The lowest BCUT2D eigenvalue weighted by Gasteiger charge is -2.40. The molecule has 5 heterocycles. The Bertz CT molecular complexity index is 1800. The predicted molar refractivity (Wildman–Crippen MR) is 178 cm³/mol. The van der Waals surface area contributed by atoms with Gasteiger partial charge >= 0.3 is 5.97 Å². The number of fused-ring (bicyclic) bond motifs is 1. The largest absolute Gasteiger partial charge is 0.481 e. The van der Waals surface area contributed by atoms with Crippen molar-refractivity contribution in [2.24, 2.45) is 5.92 Å². The van der Waals surface area contributed by atoms with Crippen molar-refractivity contribution in [3.63, 3.8) is 0 Å². The molecule has 254 valence electrons. The molecule has 3 N–H and O–H groups in total. The van der Waals surface area contributed by atoms with E-state index >= 15 is 0 Å². The fourth-order valence-electron chi connectivity index (χ4n) is 6.84. The fraction of sp³-hybridized carbons (Fsp3) is 0.545. The van der Waals surface area contributed by atoms with E-state index in [4.69, 9.17) is 29.5 Å². The van der Waals surface area contributed by atoms with Crippen molar-refractivity contribution in [2.45, 2.75) is 77.2 Å². The second kappa shape index (κ2) is 13.9. The number of nitriles is 1. The summed E-state index contributed by atoms with van der Waals surface area (Å²) in [6.07, 6.45) is 6.12. The van der Waals surface area contributed by atoms with Crippen LogP contribution in [0.1, 0.15) is 87.0 Å². The number of aromatic nitrogens is 5. The number of carboxylic acids is 1. The summed E-state index contributed by atoms with van der Waals surface area (Å²) in [5, 5.41) is 28.0. The molecular formula is C33H41N9O5S. The number of piperazine rings is 1. The molecule has 3 atom stereocenters. The highest BCUT2D eigenvalue weighted by molar-refractivity contribution is 7.16. The van der Waals surface area contributed by atoms with E-state index in [-0.39, 0.29) is 12.0 Å². The third-order valence-electron chi connectivity index (χ3n) is 9.36. The van der Waals surface area contributed by atoms with Gasteiger partial charge in [-0.25, -0.2) is 9.97 Å². The van der Waals surface area contributed by atoms with Crippen LogP contribution in [-0.4, -0.2) is 80.1 Å². The summed E-state index contributed by atoms with van der Waals surface area (Å²) in [6, 6.07) is 5.84. The maximum absolute atomic E-state index is 11.5. The van der Waals surface area contributed by atoms with Gasteiger partial charge < -0.3 is 29.5 Å². The first-order valence-corrected chi connectivity index (χ1v) is 17.2. The van der Waals surface area contributed by atoms with Gasteiger partial charge in [-0.05, 0) is 69.6 Å². The number of nitrogens with zero attached hydrogens (tertiary/aromatic N) is 8. The molecule has 0 saturated carbocycles. The van der Waals surface area contributed by atoms with Crippen molar-refractivity contribution in [2.75, 3.05) is 43.4 Å². The number of nitrogens with two attached hydrogens (primary N) is 1. The monoisotopic (exact) mass is 675 g/mol. The average Bonchev–Trinajstić information content (AvgIpc) is 3.80. The number of carboxylic acid groups (broad SMARTS) is 1. The van der Waals surface area contributed by atoms with Crippen LogP contribution in [0.3, 0.4) is 0 Å². The van der Waals surface area contributed by atoms with E-state index in [0.717, 1.165) is 68.7 Å². The Morgan fingerprint density at radius 1 is 1.27 bits per heavy atom. The topological polar surface area (TPSA) is 194 Å². The van der Waals surface area contributed by atoms with E-state index in [9.17, 15) is 15.2 Å². The lowest BCUT2D eigenvalue weighted by Crippen LogP contribution is -2.52. The van der Waals surface area contributed by atoms with E-state index < -0.39 is 17.3 Å². The number of unbranched alkanes of at least 4 members (excludes halogenated alkanes) is 1. The molecule has 6 rings (SSSR count). The van der Waals surface area contributed by atoms with Gasteiger partial charge in [0.05, 0.1) is 17.6 Å². The number of anilines is 2. The highest BCUT2D eigenvalue weighted by Gasteiger charge is 2.43. The second-order valence-electron chi connectivity index (χ2n) is 13.1. The Morgan fingerprint density at radius 3 is 2.85 bits per heavy atom. The van der Waals surface area contributed by atoms with Gasteiger partial charge in [-0.3, -0.25) is 9.69 Å². The normalized spacial score (nSPS) is 20.4. The molecule has 2 aliphatic rings. The zero-order valence-corrected chi connectivity index (χ0v) is 28.5. The van der Waals surface area contributed by atoms with Gasteiger partial charge in [-0.15, -0.1) is 11.3 Å². The van der Waals surface area contributed by atoms with Crippen LogP contribution in [0.5, 0.6) is 5.88 Å². The van der Waals surface area contributed by atoms with Gasteiger partial charge in [0.25, 0.3) is 5.88 Å². The number of aryl methyl sites for hydroxylation is 1. The van der Waals surface area contributed by atoms with E-state index in [0.29, 0.717) is 52.2 Å². The summed E-state index contributed by atoms with van der Waals surface area (Å²) in [7, 11) is 0. The second-order valence-corrected chi connectivity index (χ2v) is 14.3. The molecule has 15 heteroatoms. The molecule has 4 aromatic heterocycles. The molecule has 1 aliphatic heterocycles. The van der Waals surface area contributed by atoms with Gasteiger partial charge in [0.15, 0.2) is 5.76 Å². The van der Waals surface area contributed by atoms with Gasteiger partial charge in [0.1, 0.15) is 22.7 Å². The van der Waals surface area contributed by atoms with Crippen molar-refractivity contribution >= 4 is 28.3 Å². The molecule has 48 heavy (non-hydrogen) atoms. The van der Waals surface area contributed by atoms with E-state index in [1.165, 1.54) is 11.3 Å². The quantitative estimate of drug-likeness (QED) is 0.193. The molecule has 0 amide bonds. The molecule has 1 fully saturated rings. The minimum Gasteiger partial charge on any atom is -0.481 e. The number of aliphatic carboxylic acids is 1. The standard InChI is InChI=1S/C33H41N9O5S/c1-19(2)26(30(43)44)23-16-25(39-46-23)45-15-6-5-12-41-13-14-42(20(3)18-41)32-36-11-9-22(37-32)29-38-31(47-40-29)33(4)10-7-8-24-27(33)21(17-34)28(35)48-24/h9,11,16,19-20,26H,5-8,10,12-15,18,35H2,1-4H3,(H,43,44)/t20-,26?,33-/m0/s1. The maximum Gasteiger partial charge on any atom is 0.314 e. The summed E-state index contributed by atoms with van der Waals surface area (Å²) < 4.78 is 16.8. The van der Waals surface area contributed by atoms with Gasteiger partial charge in [0, 0.05) is 48.4 Å². The summed E-state index contributed by atoms with van der Waals surface area (Å²) in [4.78, 5) is 31.5. The van der Waals surface area contributed by atoms with Crippen LogP contribution < -0.4 is 15.4 Å². The molecule has 0 aromatic carbocycles. The Labute approximate surface area is 282 Å². The van der Waals surface area contributed by atoms with Gasteiger partial charge in [-0.2, -0.15) is 10.2 Å². The molecule has 0 spiro atoms. The number of nitrogen functional groups attached to an aromatic ring is 1. The first-order valence-electron chi connectivity index (χ1n) is 16.4. The van der Waals surface area contributed by atoms with Crippen molar-refractivity contribution in [1.82, 2.24) is 30.2 Å². The molecule has 4 aromatic rings. The highest BCUT2D eigenvalue weighted by Crippen LogP contribution is 2.48. The third-order valence-corrected chi connectivity index (χ3v) is 10.4. The van der Waals surface area contributed by atoms with Crippen LogP contribution in [0.2, 0.25) is 0 Å². The number of hydrogen-bond donors (Lipinski definition) is 2. The third kappa shape index (κ3) is 6.59. The fourth-order valence-corrected chi connectivity index (χ4v) is 8.03. The van der Waals surface area contributed by atoms with Crippen LogP contribution in [-0.2, 0) is 16.6 Å². The van der Waals surface area contributed by atoms with E-state index in [2.05, 4.69) is 38.1 Å². The molecule has 1 unspecified atom stereocenters. The Balaban J connectivity index is 1.02. The first-order chi connectivity index (χ1) is 23.1. The van der Waals surface area contributed by atoms with Crippen molar-refractivity contribution < 1.29 is 23.7 Å². The predicted octanol–water partition coefficient (Wildman–Crippen LogP) is 4.87. The maximum atomic E-state index is 11.5. The van der Waals surface area contributed by atoms with Crippen molar-refractivity contribution in [1.29, 1.82) is 5.26 Å². The number of thiophene rings is 1. The van der Waals surface area contributed by atoms with Crippen LogP contribution in [0.25, 0.3) is 11.5 Å². The summed E-state index contributed by atoms with van der Waals surface area (Å²) in [5.41, 5.74) is 7.61. The van der Waals surface area contributed by atoms with Crippen LogP contribution in [0, 0.1) is 17.2 Å². The minimum absolute atomic E-state index is 0.118. The molecule has 0 radical (unpaired) electrons. The van der Waals surface area contributed by atoms with Crippen molar-refractivity contribution in [3.05, 3.63) is 46.0 Å². The number of rotatable bonds is 12. The zero-order valence-electron chi connectivity index (χ0n) is 27.7. The Morgan fingerprint density at radius 2 is 2.10 bits per heavy atom. The Kier molecular flexibility index (Phi) is 9.66. The number of carbonyl (C=O) groups is 1. The number of ether oxygens (including phenoxy) is 1. The van der Waals surface area contributed by atoms with Crippen LogP contribution in [0.15, 0.2) is 27.4 Å². The molecule has 0 bridgehead atoms. The lowest BCUT2D eigenvalue weighted by molar-refractivity contribution is -0.140. The molecular weight excluding hydrogens is 634 g/mol. The first kappa shape index (κ1) is 33.4.